The lowest BCUT2D eigenvalue weighted by atomic mass is 9.94. The van der Waals surface area contributed by atoms with Gasteiger partial charge in [-0.3, -0.25) is 4.79 Å². The summed E-state index contributed by atoms with van der Waals surface area (Å²) in [7, 11) is 1.59. The summed E-state index contributed by atoms with van der Waals surface area (Å²) < 4.78 is 5.03. The normalized spacial score (nSPS) is 12.4. The van der Waals surface area contributed by atoms with Crippen molar-refractivity contribution in [3.05, 3.63) is 40.9 Å². The van der Waals surface area contributed by atoms with E-state index in [4.69, 9.17) is 16.3 Å². The summed E-state index contributed by atoms with van der Waals surface area (Å²) in [5.41, 5.74) is 0.400. The van der Waals surface area contributed by atoms with Crippen LogP contribution in [0.2, 0.25) is 0 Å². The third-order valence-corrected chi connectivity index (χ3v) is 3.02. The topological polar surface area (TPSA) is 26.3 Å². The molecule has 0 saturated heterocycles. The third-order valence-electron chi connectivity index (χ3n) is 2.35. The molecule has 0 aliphatic heterocycles. The minimum absolute atomic E-state index is 0.0902. The first-order valence-corrected chi connectivity index (χ1v) is 5.78. The van der Waals surface area contributed by atoms with Crippen LogP contribution in [0, 0.1) is 5.41 Å². The fourth-order valence-corrected chi connectivity index (χ4v) is 1.27. The zero-order chi connectivity index (χ0) is 13.1. The van der Waals surface area contributed by atoms with Crippen LogP contribution < -0.4 is 4.74 Å². The smallest absolute Gasteiger partial charge is 0.187 e. The monoisotopic (exact) mass is 252 g/mol. The van der Waals surface area contributed by atoms with E-state index < -0.39 is 0 Å². The SMILES string of the molecule is COc1ccc(C(=O)/C=C(\Cl)C(C)(C)C)cc1. The van der Waals surface area contributed by atoms with E-state index in [1.165, 1.54) is 6.08 Å². The van der Waals surface area contributed by atoms with Gasteiger partial charge in [-0.15, -0.1) is 0 Å². The number of benzene rings is 1. The molecule has 0 atom stereocenters. The van der Waals surface area contributed by atoms with Gasteiger partial charge in [0.1, 0.15) is 5.75 Å². The Kier molecular flexibility index (Phi) is 4.35. The first-order chi connectivity index (χ1) is 7.84. The molecule has 0 unspecified atom stereocenters. The van der Waals surface area contributed by atoms with Gasteiger partial charge in [0.05, 0.1) is 7.11 Å². The van der Waals surface area contributed by atoms with Gasteiger partial charge in [-0.05, 0) is 29.7 Å². The van der Waals surface area contributed by atoms with Crippen LogP contribution in [-0.4, -0.2) is 12.9 Å². The molecular weight excluding hydrogens is 236 g/mol. The van der Waals surface area contributed by atoms with E-state index in [0.29, 0.717) is 10.6 Å². The van der Waals surface area contributed by atoms with E-state index in [2.05, 4.69) is 0 Å². The second-order valence-corrected chi connectivity index (χ2v) is 5.24. The Morgan fingerprint density at radius 1 is 1.24 bits per heavy atom. The Hall–Kier alpha value is -1.28. The number of methoxy groups -OCH3 is 1. The molecule has 0 spiro atoms. The van der Waals surface area contributed by atoms with Crippen molar-refractivity contribution < 1.29 is 9.53 Å². The molecule has 1 aromatic carbocycles. The van der Waals surface area contributed by atoms with Gasteiger partial charge < -0.3 is 4.74 Å². The number of carbonyl (C=O) groups is 1. The highest BCUT2D eigenvalue weighted by Gasteiger charge is 2.16. The van der Waals surface area contributed by atoms with Gasteiger partial charge in [0.2, 0.25) is 0 Å². The van der Waals surface area contributed by atoms with Crippen LogP contribution in [0.5, 0.6) is 5.75 Å². The maximum atomic E-state index is 11.9. The molecule has 0 radical (unpaired) electrons. The van der Waals surface area contributed by atoms with Gasteiger partial charge in [-0.25, -0.2) is 0 Å². The maximum absolute atomic E-state index is 11.9. The molecule has 0 saturated carbocycles. The number of halogens is 1. The minimum atomic E-state index is -0.205. The fourth-order valence-electron chi connectivity index (χ4n) is 1.17. The average molecular weight is 253 g/mol. The van der Waals surface area contributed by atoms with Crippen LogP contribution in [0.25, 0.3) is 0 Å². The van der Waals surface area contributed by atoms with Crippen molar-refractivity contribution in [2.45, 2.75) is 20.8 Å². The van der Waals surface area contributed by atoms with Crippen LogP contribution in [0.4, 0.5) is 0 Å². The maximum Gasteiger partial charge on any atom is 0.187 e. The summed E-state index contributed by atoms with van der Waals surface area (Å²) in [5, 5.41) is 0.554. The van der Waals surface area contributed by atoms with E-state index in [9.17, 15) is 4.79 Å². The standard InChI is InChI=1S/C14H17ClO2/c1-14(2,3)13(15)9-12(16)10-5-7-11(17-4)8-6-10/h5-9H,1-4H3/b13-9-. The Balaban J connectivity index is 2.90. The number of allylic oxidation sites excluding steroid dienone is 2. The van der Waals surface area contributed by atoms with Crippen LogP contribution in [0.15, 0.2) is 35.4 Å². The summed E-state index contributed by atoms with van der Waals surface area (Å²) in [6, 6.07) is 6.97. The van der Waals surface area contributed by atoms with E-state index in [-0.39, 0.29) is 11.2 Å². The Morgan fingerprint density at radius 3 is 2.18 bits per heavy atom. The summed E-state index contributed by atoms with van der Waals surface area (Å²) >= 11 is 6.08. The lowest BCUT2D eigenvalue weighted by Crippen LogP contribution is -2.07. The van der Waals surface area contributed by atoms with Crippen molar-refractivity contribution in [2.75, 3.05) is 7.11 Å². The quantitative estimate of drug-likeness (QED) is 0.599. The minimum Gasteiger partial charge on any atom is -0.497 e. The summed E-state index contributed by atoms with van der Waals surface area (Å²) in [6.07, 6.45) is 1.48. The number of ketones is 1. The number of carbonyl (C=O) groups excluding carboxylic acids is 1. The number of ether oxygens (including phenoxy) is 1. The van der Waals surface area contributed by atoms with Crippen molar-refractivity contribution in [1.29, 1.82) is 0 Å². The van der Waals surface area contributed by atoms with Gasteiger partial charge in [0, 0.05) is 16.7 Å². The zero-order valence-electron chi connectivity index (χ0n) is 10.6. The average Bonchev–Trinajstić information content (AvgIpc) is 2.27. The molecule has 0 N–H and O–H groups in total. The molecule has 1 rings (SSSR count). The third kappa shape index (κ3) is 3.90. The molecule has 3 heteroatoms. The molecule has 0 bridgehead atoms. The van der Waals surface area contributed by atoms with Crippen molar-refractivity contribution in [3.8, 4) is 5.75 Å². The van der Waals surface area contributed by atoms with E-state index >= 15 is 0 Å². The van der Waals surface area contributed by atoms with Crippen LogP contribution >= 0.6 is 11.6 Å². The van der Waals surface area contributed by atoms with Gasteiger partial charge >= 0.3 is 0 Å². The van der Waals surface area contributed by atoms with Crippen LogP contribution in [-0.2, 0) is 0 Å². The Morgan fingerprint density at radius 2 is 1.76 bits per heavy atom. The lowest BCUT2D eigenvalue weighted by molar-refractivity contribution is 0.104. The Labute approximate surface area is 107 Å². The van der Waals surface area contributed by atoms with E-state index in [0.717, 1.165) is 5.75 Å². The largest absolute Gasteiger partial charge is 0.497 e. The van der Waals surface area contributed by atoms with Gasteiger partial charge in [0.25, 0.3) is 0 Å². The molecule has 0 amide bonds. The molecule has 0 heterocycles. The second kappa shape index (κ2) is 5.37. The molecule has 17 heavy (non-hydrogen) atoms. The predicted octanol–water partition coefficient (Wildman–Crippen LogP) is 4.05. The molecule has 0 fully saturated rings. The molecule has 2 nitrogen and oxygen atoms in total. The van der Waals surface area contributed by atoms with Crippen LogP contribution in [0.1, 0.15) is 31.1 Å². The van der Waals surface area contributed by atoms with E-state index in [1.807, 2.05) is 20.8 Å². The van der Waals surface area contributed by atoms with Gasteiger partial charge in [-0.1, -0.05) is 32.4 Å². The van der Waals surface area contributed by atoms with Gasteiger partial charge in [-0.2, -0.15) is 0 Å². The number of rotatable bonds is 3. The molecule has 0 aliphatic rings. The second-order valence-electron chi connectivity index (χ2n) is 4.84. The van der Waals surface area contributed by atoms with E-state index in [1.54, 1.807) is 31.4 Å². The number of hydrogen-bond donors (Lipinski definition) is 0. The lowest BCUT2D eigenvalue weighted by Gasteiger charge is -2.16. The fraction of sp³-hybridized carbons (Fsp3) is 0.357. The van der Waals surface area contributed by atoms with Crippen molar-refractivity contribution in [2.24, 2.45) is 5.41 Å². The zero-order valence-corrected chi connectivity index (χ0v) is 11.3. The Bertz CT molecular complexity index is 425. The van der Waals surface area contributed by atoms with Crippen LogP contribution in [0.3, 0.4) is 0 Å². The molecular formula is C14H17ClO2. The van der Waals surface area contributed by atoms with Gasteiger partial charge in [0.15, 0.2) is 5.78 Å². The predicted molar refractivity (Wildman–Crippen MR) is 70.7 cm³/mol. The first-order valence-electron chi connectivity index (χ1n) is 5.40. The molecule has 1 aromatic rings. The van der Waals surface area contributed by atoms with Crippen molar-refractivity contribution in [1.82, 2.24) is 0 Å². The highest BCUT2D eigenvalue weighted by molar-refractivity contribution is 6.32. The first kappa shape index (κ1) is 13.8. The molecule has 92 valence electrons. The highest BCUT2D eigenvalue weighted by Crippen LogP contribution is 2.28. The number of hydrogen-bond acceptors (Lipinski definition) is 2. The summed E-state index contributed by atoms with van der Waals surface area (Å²) in [6.45, 7) is 5.90. The van der Waals surface area contributed by atoms with Crippen molar-refractivity contribution >= 4 is 17.4 Å². The highest BCUT2D eigenvalue weighted by atomic mass is 35.5. The van der Waals surface area contributed by atoms with Crippen molar-refractivity contribution in [3.63, 3.8) is 0 Å². The summed E-state index contributed by atoms with van der Waals surface area (Å²) in [4.78, 5) is 11.9. The molecule has 0 aromatic heterocycles. The summed E-state index contributed by atoms with van der Waals surface area (Å²) in [5.74, 6) is 0.639. The molecule has 0 aliphatic carbocycles.